The van der Waals surface area contributed by atoms with E-state index in [1.807, 2.05) is 12.3 Å². The Morgan fingerprint density at radius 3 is 3.00 bits per heavy atom. The van der Waals surface area contributed by atoms with Crippen molar-refractivity contribution in [2.45, 2.75) is 64.3 Å². The second kappa shape index (κ2) is 6.28. The average molecular weight is 247 g/mol. The van der Waals surface area contributed by atoms with Crippen LogP contribution in [0.25, 0.3) is 0 Å². The molecule has 1 aliphatic carbocycles. The molecule has 1 fully saturated rings. The standard InChI is InChI=1S/C15H25N3/c1-3-13(16)10-14-7-8-17-15(18-14)12-6-4-5-11(2)9-12/h7-8,11-13H,3-6,9-10,16H2,1-2H3. The molecule has 3 atom stereocenters. The maximum atomic E-state index is 6.00. The predicted molar refractivity (Wildman–Crippen MR) is 74.4 cm³/mol. The summed E-state index contributed by atoms with van der Waals surface area (Å²) in [5.74, 6) is 2.42. The summed E-state index contributed by atoms with van der Waals surface area (Å²) in [6, 6.07) is 2.23. The molecule has 1 saturated carbocycles. The second-order valence-electron chi connectivity index (χ2n) is 5.75. The molecule has 3 nitrogen and oxygen atoms in total. The molecule has 0 aliphatic heterocycles. The summed E-state index contributed by atoms with van der Waals surface area (Å²) in [6.07, 6.45) is 8.93. The molecule has 0 bridgehead atoms. The second-order valence-corrected chi connectivity index (χ2v) is 5.75. The fraction of sp³-hybridized carbons (Fsp3) is 0.733. The van der Waals surface area contributed by atoms with Crippen LogP contribution >= 0.6 is 0 Å². The Hall–Kier alpha value is -0.960. The predicted octanol–water partition coefficient (Wildman–Crippen LogP) is 3.05. The third-order valence-corrected chi connectivity index (χ3v) is 4.03. The minimum absolute atomic E-state index is 0.220. The van der Waals surface area contributed by atoms with Crippen molar-refractivity contribution >= 4 is 0 Å². The largest absolute Gasteiger partial charge is 0.327 e. The molecule has 0 spiro atoms. The first-order valence-corrected chi connectivity index (χ1v) is 7.26. The molecule has 2 rings (SSSR count). The Morgan fingerprint density at radius 1 is 1.44 bits per heavy atom. The van der Waals surface area contributed by atoms with Gasteiger partial charge in [-0.1, -0.05) is 26.7 Å². The Bertz CT molecular complexity index is 378. The van der Waals surface area contributed by atoms with Gasteiger partial charge in [0.15, 0.2) is 0 Å². The Balaban J connectivity index is 2.06. The van der Waals surface area contributed by atoms with Crippen LogP contribution in [0, 0.1) is 5.92 Å². The van der Waals surface area contributed by atoms with Crippen molar-refractivity contribution in [2.24, 2.45) is 11.7 Å². The highest BCUT2D eigenvalue weighted by molar-refractivity contribution is 5.08. The van der Waals surface area contributed by atoms with Gasteiger partial charge in [0.1, 0.15) is 5.82 Å². The van der Waals surface area contributed by atoms with Crippen LogP contribution in [-0.4, -0.2) is 16.0 Å². The maximum Gasteiger partial charge on any atom is 0.131 e. The minimum atomic E-state index is 0.220. The third kappa shape index (κ3) is 3.52. The molecule has 1 aliphatic rings. The molecule has 1 aromatic heterocycles. The van der Waals surface area contributed by atoms with Crippen LogP contribution in [0.15, 0.2) is 12.3 Å². The fourth-order valence-electron chi connectivity index (χ4n) is 2.80. The van der Waals surface area contributed by atoms with Crippen molar-refractivity contribution < 1.29 is 0 Å². The lowest BCUT2D eigenvalue weighted by molar-refractivity contribution is 0.334. The summed E-state index contributed by atoms with van der Waals surface area (Å²) < 4.78 is 0. The Morgan fingerprint density at radius 2 is 2.28 bits per heavy atom. The van der Waals surface area contributed by atoms with Crippen LogP contribution in [-0.2, 0) is 6.42 Å². The van der Waals surface area contributed by atoms with Gasteiger partial charge in [-0.2, -0.15) is 0 Å². The van der Waals surface area contributed by atoms with Gasteiger partial charge < -0.3 is 5.73 Å². The number of hydrogen-bond donors (Lipinski definition) is 1. The molecule has 2 N–H and O–H groups in total. The lowest BCUT2D eigenvalue weighted by Gasteiger charge is -2.25. The smallest absolute Gasteiger partial charge is 0.131 e. The maximum absolute atomic E-state index is 6.00. The molecular formula is C15H25N3. The summed E-state index contributed by atoms with van der Waals surface area (Å²) in [7, 11) is 0. The van der Waals surface area contributed by atoms with Gasteiger partial charge in [0, 0.05) is 30.3 Å². The molecule has 0 saturated heterocycles. The third-order valence-electron chi connectivity index (χ3n) is 4.03. The molecule has 100 valence electrons. The van der Waals surface area contributed by atoms with Crippen molar-refractivity contribution in [1.82, 2.24) is 9.97 Å². The highest BCUT2D eigenvalue weighted by Gasteiger charge is 2.22. The van der Waals surface area contributed by atoms with Gasteiger partial charge in [0.25, 0.3) is 0 Å². The van der Waals surface area contributed by atoms with E-state index in [-0.39, 0.29) is 6.04 Å². The number of rotatable bonds is 4. The molecule has 0 radical (unpaired) electrons. The van der Waals surface area contributed by atoms with E-state index in [9.17, 15) is 0 Å². The SMILES string of the molecule is CCC(N)Cc1ccnc(C2CCCC(C)C2)n1. The lowest BCUT2D eigenvalue weighted by Crippen LogP contribution is -2.22. The van der Waals surface area contributed by atoms with Gasteiger partial charge in [-0.25, -0.2) is 9.97 Å². The van der Waals surface area contributed by atoms with Gasteiger partial charge in [-0.15, -0.1) is 0 Å². The van der Waals surface area contributed by atoms with E-state index < -0.39 is 0 Å². The zero-order chi connectivity index (χ0) is 13.0. The molecule has 3 heteroatoms. The van der Waals surface area contributed by atoms with Crippen molar-refractivity contribution in [3.05, 3.63) is 23.8 Å². The first-order chi connectivity index (χ1) is 8.69. The van der Waals surface area contributed by atoms with E-state index in [0.717, 1.165) is 30.3 Å². The highest BCUT2D eigenvalue weighted by Crippen LogP contribution is 2.34. The van der Waals surface area contributed by atoms with Crippen LogP contribution in [0.2, 0.25) is 0 Å². The van der Waals surface area contributed by atoms with Crippen LogP contribution in [0.3, 0.4) is 0 Å². The van der Waals surface area contributed by atoms with E-state index >= 15 is 0 Å². The van der Waals surface area contributed by atoms with Crippen LogP contribution < -0.4 is 5.73 Å². The van der Waals surface area contributed by atoms with Gasteiger partial charge in [-0.3, -0.25) is 0 Å². The summed E-state index contributed by atoms with van der Waals surface area (Å²) in [5, 5.41) is 0. The summed E-state index contributed by atoms with van der Waals surface area (Å²) in [4.78, 5) is 9.21. The van der Waals surface area contributed by atoms with E-state index in [2.05, 4.69) is 18.8 Å². The van der Waals surface area contributed by atoms with Crippen molar-refractivity contribution in [1.29, 1.82) is 0 Å². The first-order valence-electron chi connectivity index (χ1n) is 7.26. The lowest BCUT2D eigenvalue weighted by atomic mass is 9.82. The topological polar surface area (TPSA) is 51.8 Å². The van der Waals surface area contributed by atoms with Gasteiger partial charge in [0.05, 0.1) is 0 Å². The Labute approximate surface area is 110 Å². The normalized spacial score (nSPS) is 25.9. The summed E-state index contributed by atoms with van der Waals surface area (Å²) in [6.45, 7) is 4.46. The summed E-state index contributed by atoms with van der Waals surface area (Å²) >= 11 is 0. The number of hydrogen-bond acceptors (Lipinski definition) is 3. The fourth-order valence-corrected chi connectivity index (χ4v) is 2.80. The molecule has 18 heavy (non-hydrogen) atoms. The van der Waals surface area contributed by atoms with Crippen LogP contribution in [0.5, 0.6) is 0 Å². The van der Waals surface area contributed by atoms with Crippen LogP contribution in [0.1, 0.15) is 63.4 Å². The van der Waals surface area contributed by atoms with Gasteiger partial charge in [-0.05, 0) is 31.2 Å². The first kappa shape index (κ1) is 13.5. The number of nitrogens with zero attached hydrogens (tertiary/aromatic N) is 2. The average Bonchev–Trinajstić information content (AvgIpc) is 2.39. The van der Waals surface area contributed by atoms with E-state index in [0.29, 0.717) is 5.92 Å². The zero-order valence-electron chi connectivity index (χ0n) is 11.6. The minimum Gasteiger partial charge on any atom is -0.327 e. The van der Waals surface area contributed by atoms with E-state index in [1.165, 1.54) is 25.7 Å². The zero-order valence-corrected chi connectivity index (χ0v) is 11.6. The van der Waals surface area contributed by atoms with E-state index in [4.69, 9.17) is 10.7 Å². The molecule has 3 unspecified atom stereocenters. The molecule has 1 heterocycles. The quantitative estimate of drug-likeness (QED) is 0.889. The molecule has 1 aromatic rings. The van der Waals surface area contributed by atoms with Gasteiger partial charge in [0.2, 0.25) is 0 Å². The van der Waals surface area contributed by atoms with Crippen molar-refractivity contribution in [3.8, 4) is 0 Å². The van der Waals surface area contributed by atoms with Crippen molar-refractivity contribution in [3.63, 3.8) is 0 Å². The number of aromatic nitrogens is 2. The van der Waals surface area contributed by atoms with Gasteiger partial charge >= 0.3 is 0 Å². The molecule has 0 amide bonds. The monoisotopic (exact) mass is 247 g/mol. The van der Waals surface area contributed by atoms with Crippen molar-refractivity contribution in [2.75, 3.05) is 0 Å². The van der Waals surface area contributed by atoms with E-state index in [1.54, 1.807) is 0 Å². The molecular weight excluding hydrogens is 222 g/mol. The molecule has 0 aromatic carbocycles. The van der Waals surface area contributed by atoms with Crippen LogP contribution in [0.4, 0.5) is 0 Å². The number of nitrogens with two attached hydrogens (primary N) is 1. The highest BCUT2D eigenvalue weighted by atomic mass is 14.9. The summed E-state index contributed by atoms with van der Waals surface area (Å²) in [5.41, 5.74) is 7.10. The Kier molecular flexibility index (Phi) is 4.70.